The molecule has 0 aromatic rings. The Morgan fingerprint density at radius 2 is 2.00 bits per heavy atom. The quantitative estimate of drug-likeness (QED) is 0.571. The van der Waals surface area contributed by atoms with Crippen LogP contribution in [0.3, 0.4) is 0 Å². The molecule has 0 aliphatic heterocycles. The zero-order valence-electron chi connectivity index (χ0n) is 17.7. The average molecular weight is 389 g/mol. The average Bonchev–Trinajstić information content (AvgIpc) is 2.91. The van der Waals surface area contributed by atoms with Gasteiger partial charge in [0.2, 0.25) is 0 Å². The summed E-state index contributed by atoms with van der Waals surface area (Å²) < 4.78 is 0. The molecule has 7 atom stereocenters. The number of fused-ring (bicyclic) bond motifs is 5. The van der Waals surface area contributed by atoms with Gasteiger partial charge in [0.15, 0.2) is 0 Å². The van der Waals surface area contributed by atoms with Gasteiger partial charge in [-0.25, -0.2) is 0 Å². The molecule has 4 rings (SSSR count). The molecule has 0 bridgehead atoms. The molecule has 156 valence electrons. The first-order valence-electron chi connectivity index (χ1n) is 11.0. The zero-order valence-corrected chi connectivity index (χ0v) is 17.7. The lowest BCUT2D eigenvalue weighted by Crippen LogP contribution is -2.63. The lowest BCUT2D eigenvalue weighted by molar-refractivity contribution is -0.170. The van der Waals surface area contributed by atoms with Gasteiger partial charge >= 0.3 is 0 Å². The number of carbonyl (C=O) groups excluding carboxylic acids is 1. The van der Waals surface area contributed by atoms with Crippen LogP contribution in [0, 0.1) is 28.6 Å². The van der Waals surface area contributed by atoms with E-state index in [2.05, 4.69) is 25.6 Å². The molecule has 1 unspecified atom stereocenters. The van der Waals surface area contributed by atoms with Gasteiger partial charge in [0.25, 0.3) is 0 Å². The van der Waals surface area contributed by atoms with Crippen molar-refractivity contribution in [1.29, 1.82) is 0 Å². The monoisotopic (exact) mass is 388 g/mol. The van der Waals surface area contributed by atoms with Gasteiger partial charge in [-0.15, -0.1) is 0 Å². The molecule has 0 saturated heterocycles. The summed E-state index contributed by atoms with van der Waals surface area (Å²) in [5, 5.41) is 16.1. The SMILES string of the molecule is C=C1C[C@@]2(O)CC(=NOCC(C)N)CC[C@]2(C)[C@H]2CC[C@@]3(C)C(=O)CC[C@H]3[C@H]12. The Labute approximate surface area is 168 Å². The van der Waals surface area contributed by atoms with Gasteiger partial charge in [-0.2, -0.15) is 0 Å². The largest absolute Gasteiger partial charge is 0.394 e. The third-order valence-electron chi connectivity index (χ3n) is 8.81. The van der Waals surface area contributed by atoms with Crippen molar-refractivity contribution in [1.82, 2.24) is 0 Å². The molecule has 4 saturated carbocycles. The van der Waals surface area contributed by atoms with Crippen molar-refractivity contribution in [2.75, 3.05) is 6.61 Å². The molecule has 0 spiro atoms. The second-order valence-electron chi connectivity index (χ2n) is 10.5. The number of nitrogens with two attached hydrogens (primary N) is 1. The molecule has 5 nitrogen and oxygen atoms in total. The molecule has 4 aliphatic rings. The molecule has 0 aromatic heterocycles. The summed E-state index contributed by atoms with van der Waals surface area (Å²) in [6.07, 6.45) is 6.59. The molecular formula is C23H36N2O3. The topological polar surface area (TPSA) is 84.9 Å². The van der Waals surface area contributed by atoms with Gasteiger partial charge in [0.05, 0.1) is 11.3 Å². The number of oxime groups is 1. The fourth-order valence-electron chi connectivity index (χ4n) is 7.07. The van der Waals surface area contributed by atoms with E-state index in [1.54, 1.807) is 0 Å². The van der Waals surface area contributed by atoms with Crippen LogP contribution < -0.4 is 5.73 Å². The van der Waals surface area contributed by atoms with Crippen LogP contribution >= 0.6 is 0 Å². The van der Waals surface area contributed by atoms with Crippen molar-refractivity contribution in [2.45, 2.75) is 83.8 Å². The predicted octanol–water partition coefficient (Wildman–Crippen LogP) is 3.60. The Bertz CT molecular complexity index is 717. The lowest BCUT2D eigenvalue weighted by Gasteiger charge is -2.63. The summed E-state index contributed by atoms with van der Waals surface area (Å²) in [6, 6.07) is -0.0535. The highest BCUT2D eigenvalue weighted by atomic mass is 16.6. The van der Waals surface area contributed by atoms with E-state index in [4.69, 9.17) is 10.6 Å². The number of nitrogens with zero attached hydrogens (tertiary/aromatic N) is 1. The number of hydrogen-bond acceptors (Lipinski definition) is 5. The maximum absolute atomic E-state index is 12.6. The summed E-state index contributed by atoms with van der Waals surface area (Å²) in [6.45, 7) is 11.2. The van der Waals surface area contributed by atoms with Crippen molar-refractivity contribution in [3.63, 3.8) is 0 Å². The molecule has 0 radical (unpaired) electrons. The molecule has 0 amide bonds. The number of carbonyl (C=O) groups is 1. The van der Waals surface area contributed by atoms with Gasteiger partial charge in [0.1, 0.15) is 12.4 Å². The van der Waals surface area contributed by atoms with Gasteiger partial charge in [0, 0.05) is 29.7 Å². The summed E-state index contributed by atoms with van der Waals surface area (Å²) in [4.78, 5) is 18.0. The highest BCUT2D eigenvalue weighted by Gasteiger charge is 2.65. The zero-order chi connectivity index (χ0) is 20.3. The van der Waals surface area contributed by atoms with Crippen LogP contribution in [-0.4, -0.2) is 34.9 Å². The van der Waals surface area contributed by atoms with Crippen LogP contribution in [-0.2, 0) is 9.63 Å². The molecule has 4 aliphatic carbocycles. The van der Waals surface area contributed by atoms with E-state index >= 15 is 0 Å². The smallest absolute Gasteiger partial charge is 0.139 e. The van der Waals surface area contributed by atoms with Crippen molar-refractivity contribution < 1.29 is 14.7 Å². The van der Waals surface area contributed by atoms with Gasteiger partial charge in [-0.05, 0) is 63.2 Å². The predicted molar refractivity (Wildman–Crippen MR) is 110 cm³/mol. The van der Waals surface area contributed by atoms with Crippen LogP contribution in [0.25, 0.3) is 0 Å². The normalized spacial score (nSPS) is 48.0. The second-order valence-corrected chi connectivity index (χ2v) is 10.5. The van der Waals surface area contributed by atoms with Crippen LogP contribution in [0.5, 0.6) is 0 Å². The van der Waals surface area contributed by atoms with Gasteiger partial charge in [-0.1, -0.05) is 31.2 Å². The molecular weight excluding hydrogens is 352 g/mol. The number of Topliss-reactive ketones (excluding diaryl/α,β-unsaturated/α-hetero) is 1. The fourth-order valence-corrected chi connectivity index (χ4v) is 7.07. The van der Waals surface area contributed by atoms with Crippen molar-refractivity contribution in [3.8, 4) is 0 Å². The Kier molecular flexibility index (Phi) is 4.78. The van der Waals surface area contributed by atoms with Crippen LogP contribution in [0.15, 0.2) is 17.3 Å². The Hall–Kier alpha value is -1.20. The first-order valence-corrected chi connectivity index (χ1v) is 11.0. The minimum atomic E-state index is -0.823. The third kappa shape index (κ3) is 2.80. The van der Waals surface area contributed by atoms with Crippen molar-refractivity contribution in [2.24, 2.45) is 39.5 Å². The van der Waals surface area contributed by atoms with Crippen LogP contribution in [0.2, 0.25) is 0 Å². The maximum atomic E-state index is 12.6. The first kappa shape index (κ1) is 20.1. The maximum Gasteiger partial charge on any atom is 0.139 e. The summed E-state index contributed by atoms with van der Waals surface area (Å²) >= 11 is 0. The molecule has 0 heterocycles. The van der Waals surface area contributed by atoms with E-state index in [1.807, 2.05) is 6.92 Å². The van der Waals surface area contributed by atoms with E-state index in [0.717, 1.165) is 43.4 Å². The summed E-state index contributed by atoms with van der Waals surface area (Å²) in [5.74, 6) is 1.61. The summed E-state index contributed by atoms with van der Waals surface area (Å²) in [5.41, 5.74) is 6.66. The number of ketones is 1. The second kappa shape index (κ2) is 6.66. The highest BCUT2D eigenvalue weighted by Crippen LogP contribution is 2.67. The minimum Gasteiger partial charge on any atom is -0.394 e. The fraction of sp³-hybridized carbons (Fsp3) is 0.826. The lowest BCUT2D eigenvalue weighted by atomic mass is 9.43. The van der Waals surface area contributed by atoms with E-state index in [-0.39, 0.29) is 16.9 Å². The van der Waals surface area contributed by atoms with E-state index in [1.165, 1.54) is 0 Å². The van der Waals surface area contributed by atoms with E-state index in [9.17, 15) is 9.90 Å². The number of aliphatic hydroxyl groups is 1. The number of rotatable bonds is 3. The van der Waals surface area contributed by atoms with Crippen LogP contribution in [0.4, 0.5) is 0 Å². The Balaban J connectivity index is 1.60. The van der Waals surface area contributed by atoms with Gasteiger partial charge in [-0.3, -0.25) is 4.79 Å². The Morgan fingerprint density at radius 3 is 2.71 bits per heavy atom. The standard InChI is InChI=1S/C23H36N2O3/c1-14-11-23(27)12-16(25-28-13-15(2)24)7-10-22(23,4)18-8-9-21(3)17(20(14)18)5-6-19(21)26/h15,17-18,20,27H,1,5-13,24H2,2-4H3/t15?,17-,18-,20-,21+,22+,23+/m0/s1. The molecule has 28 heavy (non-hydrogen) atoms. The summed E-state index contributed by atoms with van der Waals surface area (Å²) in [7, 11) is 0. The minimum absolute atomic E-state index is 0.0535. The van der Waals surface area contributed by atoms with Crippen molar-refractivity contribution >= 4 is 11.5 Å². The van der Waals surface area contributed by atoms with Gasteiger partial charge < -0.3 is 15.7 Å². The molecule has 3 N–H and O–H groups in total. The number of hydrogen-bond donors (Lipinski definition) is 2. The van der Waals surface area contributed by atoms with Crippen molar-refractivity contribution in [3.05, 3.63) is 12.2 Å². The van der Waals surface area contributed by atoms with E-state index < -0.39 is 5.60 Å². The third-order valence-corrected chi connectivity index (χ3v) is 8.81. The molecule has 5 heteroatoms. The first-order chi connectivity index (χ1) is 13.1. The molecule has 0 aromatic carbocycles. The Morgan fingerprint density at radius 1 is 1.25 bits per heavy atom. The van der Waals surface area contributed by atoms with Crippen LogP contribution in [0.1, 0.15) is 72.1 Å². The van der Waals surface area contributed by atoms with E-state index in [0.29, 0.717) is 49.4 Å². The highest BCUT2D eigenvalue weighted by molar-refractivity contribution is 5.87. The molecule has 4 fully saturated rings.